The van der Waals surface area contributed by atoms with Gasteiger partial charge in [-0.1, -0.05) is 18.1 Å². The third-order valence-electron chi connectivity index (χ3n) is 3.14. The van der Waals surface area contributed by atoms with Gasteiger partial charge in [0.2, 0.25) is 0 Å². The molecule has 4 heteroatoms. The summed E-state index contributed by atoms with van der Waals surface area (Å²) in [7, 11) is 1.60. The first-order valence-corrected chi connectivity index (χ1v) is 6.51. The van der Waals surface area contributed by atoms with Crippen molar-refractivity contribution in [2.75, 3.05) is 13.7 Å². The molecular weight excluding hydrogens is 264 g/mol. The molecule has 0 saturated carbocycles. The van der Waals surface area contributed by atoms with Gasteiger partial charge in [0.1, 0.15) is 12.4 Å². The van der Waals surface area contributed by atoms with Crippen LogP contribution in [0.1, 0.15) is 0 Å². The molecule has 2 aromatic carbocycles. The van der Waals surface area contributed by atoms with Crippen molar-refractivity contribution < 1.29 is 9.47 Å². The number of aromatic nitrogens is 2. The molecule has 4 nitrogen and oxygen atoms in total. The van der Waals surface area contributed by atoms with Gasteiger partial charge in [0.05, 0.1) is 18.1 Å². The number of terminal acetylenes is 1. The number of ether oxygens (including phenoxy) is 2. The Bertz CT molecular complexity index is 782. The number of H-pyrrole nitrogens is 1. The number of para-hydroxylation sites is 2. The van der Waals surface area contributed by atoms with Gasteiger partial charge in [-0.3, -0.25) is 0 Å². The second-order valence-electron chi connectivity index (χ2n) is 4.46. The summed E-state index contributed by atoms with van der Waals surface area (Å²) < 4.78 is 10.8. The summed E-state index contributed by atoms with van der Waals surface area (Å²) in [6, 6.07) is 13.5. The second kappa shape index (κ2) is 5.59. The van der Waals surface area contributed by atoms with Crippen molar-refractivity contribution >= 4 is 11.0 Å². The average Bonchev–Trinajstić information content (AvgIpc) is 2.96. The molecule has 104 valence electrons. The van der Waals surface area contributed by atoms with Crippen LogP contribution in [0.2, 0.25) is 0 Å². The minimum atomic E-state index is 0.194. The zero-order valence-corrected chi connectivity index (χ0v) is 11.6. The highest BCUT2D eigenvalue weighted by molar-refractivity contribution is 5.79. The molecule has 3 rings (SSSR count). The summed E-state index contributed by atoms with van der Waals surface area (Å²) in [6.45, 7) is 0.194. The van der Waals surface area contributed by atoms with E-state index >= 15 is 0 Å². The zero-order chi connectivity index (χ0) is 14.7. The third-order valence-corrected chi connectivity index (χ3v) is 3.14. The fraction of sp³-hybridized carbons (Fsp3) is 0.118. The molecule has 0 saturated heterocycles. The SMILES string of the molecule is C#CCOc1cc(-c2nc3ccccc3[nH]2)ccc1OC. The fourth-order valence-corrected chi connectivity index (χ4v) is 2.15. The van der Waals surface area contributed by atoms with Gasteiger partial charge in [-0.15, -0.1) is 6.42 Å². The minimum absolute atomic E-state index is 0.194. The van der Waals surface area contributed by atoms with Crippen LogP contribution >= 0.6 is 0 Å². The monoisotopic (exact) mass is 278 g/mol. The van der Waals surface area contributed by atoms with Crippen LogP contribution < -0.4 is 9.47 Å². The Hall–Kier alpha value is -2.93. The number of rotatable bonds is 4. The Morgan fingerprint density at radius 1 is 1.19 bits per heavy atom. The van der Waals surface area contributed by atoms with Crippen LogP contribution in [0.3, 0.4) is 0 Å². The summed E-state index contributed by atoms with van der Waals surface area (Å²) in [5.41, 5.74) is 2.84. The van der Waals surface area contributed by atoms with Crippen molar-refractivity contribution in [1.29, 1.82) is 0 Å². The molecule has 21 heavy (non-hydrogen) atoms. The highest BCUT2D eigenvalue weighted by Gasteiger charge is 2.10. The largest absolute Gasteiger partial charge is 0.493 e. The van der Waals surface area contributed by atoms with Crippen molar-refractivity contribution in [2.45, 2.75) is 0 Å². The van der Waals surface area contributed by atoms with Crippen molar-refractivity contribution in [2.24, 2.45) is 0 Å². The van der Waals surface area contributed by atoms with Crippen LogP contribution in [0.15, 0.2) is 42.5 Å². The number of nitrogens with zero attached hydrogens (tertiary/aromatic N) is 1. The first-order chi connectivity index (χ1) is 10.3. The number of hydrogen-bond acceptors (Lipinski definition) is 3. The lowest BCUT2D eigenvalue weighted by Gasteiger charge is -2.09. The lowest BCUT2D eigenvalue weighted by Crippen LogP contribution is -1.97. The number of hydrogen-bond donors (Lipinski definition) is 1. The van der Waals surface area contributed by atoms with Gasteiger partial charge < -0.3 is 14.5 Å². The van der Waals surface area contributed by atoms with Gasteiger partial charge in [-0.25, -0.2) is 4.98 Å². The molecule has 0 atom stereocenters. The Kier molecular flexibility index (Phi) is 3.48. The van der Waals surface area contributed by atoms with Crippen LogP contribution in [-0.4, -0.2) is 23.7 Å². The maximum Gasteiger partial charge on any atom is 0.163 e. The van der Waals surface area contributed by atoms with Crippen molar-refractivity contribution in [1.82, 2.24) is 9.97 Å². The van der Waals surface area contributed by atoms with Crippen molar-refractivity contribution in [3.8, 4) is 35.2 Å². The highest BCUT2D eigenvalue weighted by atomic mass is 16.5. The zero-order valence-electron chi connectivity index (χ0n) is 11.6. The number of benzene rings is 2. The van der Waals surface area contributed by atoms with Crippen LogP contribution in [0.5, 0.6) is 11.5 Å². The van der Waals surface area contributed by atoms with Crippen LogP contribution in [0, 0.1) is 12.3 Å². The molecule has 0 fully saturated rings. The summed E-state index contributed by atoms with van der Waals surface area (Å²) in [5, 5.41) is 0. The number of methoxy groups -OCH3 is 1. The molecular formula is C17H14N2O2. The lowest BCUT2D eigenvalue weighted by atomic mass is 10.2. The van der Waals surface area contributed by atoms with E-state index in [-0.39, 0.29) is 6.61 Å². The number of nitrogens with one attached hydrogen (secondary N) is 1. The molecule has 0 aliphatic heterocycles. The standard InChI is InChI=1S/C17H14N2O2/c1-3-10-21-16-11-12(8-9-15(16)20-2)17-18-13-6-4-5-7-14(13)19-17/h1,4-9,11H,10H2,2H3,(H,18,19). The molecule has 0 unspecified atom stereocenters. The Labute approximate surface area is 122 Å². The molecule has 3 aromatic rings. The second-order valence-corrected chi connectivity index (χ2v) is 4.46. The quantitative estimate of drug-likeness (QED) is 0.745. The van der Waals surface area contributed by atoms with Crippen LogP contribution in [0.4, 0.5) is 0 Å². The first kappa shape index (κ1) is 13.1. The molecule has 0 aliphatic rings. The van der Waals surface area contributed by atoms with E-state index in [9.17, 15) is 0 Å². The average molecular weight is 278 g/mol. The molecule has 1 aromatic heterocycles. The molecule has 0 radical (unpaired) electrons. The van der Waals surface area contributed by atoms with E-state index in [0.29, 0.717) is 11.5 Å². The predicted octanol–water partition coefficient (Wildman–Crippen LogP) is 3.25. The number of aromatic amines is 1. The van der Waals surface area contributed by atoms with Crippen LogP contribution in [0.25, 0.3) is 22.4 Å². The van der Waals surface area contributed by atoms with E-state index in [1.807, 2.05) is 42.5 Å². The number of imidazole rings is 1. The third kappa shape index (κ3) is 2.54. The first-order valence-electron chi connectivity index (χ1n) is 6.51. The van der Waals surface area contributed by atoms with Gasteiger partial charge in [0.25, 0.3) is 0 Å². The fourth-order valence-electron chi connectivity index (χ4n) is 2.15. The summed E-state index contributed by atoms with van der Waals surface area (Å²) in [6.07, 6.45) is 5.23. The van der Waals surface area contributed by atoms with Crippen molar-refractivity contribution in [3.05, 3.63) is 42.5 Å². The molecule has 1 heterocycles. The summed E-state index contributed by atoms with van der Waals surface area (Å²) in [5.74, 6) is 4.48. The van der Waals surface area contributed by atoms with E-state index < -0.39 is 0 Å². The van der Waals surface area contributed by atoms with Crippen LogP contribution in [-0.2, 0) is 0 Å². The van der Waals surface area contributed by atoms with Gasteiger partial charge >= 0.3 is 0 Å². The van der Waals surface area contributed by atoms with Gasteiger partial charge in [0, 0.05) is 5.56 Å². The van der Waals surface area contributed by atoms with E-state index in [4.69, 9.17) is 15.9 Å². The summed E-state index contributed by atoms with van der Waals surface area (Å²) >= 11 is 0. The molecule has 0 bridgehead atoms. The summed E-state index contributed by atoms with van der Waals surface area (Å²) in [4.78, 5) is 7.85. The van der Waals surface area contributed by atoms with E-state index in [1.165, 1.54) is 0 Å². The van der Waals surface area contributed by atoms with Crippen molar-refractivity contribution in [3.63, 3.8) is 0 Å². The minimum Gasteiger partial charge on any atom is -0.493 e. The van der Waals surface area contributed by atoms with E-state index in [2.05, 4.69) is 15.9 Å². The topological polar surface area (TPSA) is 47.1 Å². The molecule has 0 amide bonds. The molecule has 1 N–H and O–H groups in total. The van der Waals surface area contributed by atoms with Gasteiger partial charge in [-0.2, -0.15) is 0 Å². The maximum absolute atomic E-state index is 5.51. The van der Waals surface area contributed by atoms with E-state index in [1.54, 1.807) is 7.11 Å². The maximum atomic E-state index is 5.51. The Morgan fingerprint density at radius 2 is 2.05 bits per heavy atom. The number of fused-ring (bicyclic) bond motifs is 1. The lowest BCUT2D eigenvalue weighted by molar-refractivity contribution is 0.331. The molecule has 0 spiro atoms. The normalized spacial score (nSPS) is 10.3. The Morgan fingerprint density at radius 3 is 2.81 bits per heavy atom. The van der Waals surface area contributed by atoms with E-state index in [0.717, 1.165) is 22.4 Å². The predicted molar refractivity (Wildman–Crippen MR) is 82.4 cm³/mol. The smallest absolute Gasteiger partial charge is 0.163 e. The molecule has 0 aliphatic carbocycles. The highest BCUT2D eigenvalue weighted by Crippen LogP contribution is 2.32. The van der Waals surface area contributed by atoms with Gasteiger partial charge in [-0.05, 0) is 30.3 Å². The Balaban J connectivity index is 2.03. The van der Waals surface area contributed by atoms with Gasteiger partial charge in [0.15, 0.2) is 11.5 Å².